The summed E-state index contributed by atoms with van der Waals surface area (Å²) in [5.74, 6) is 1.14. The first-order valence-corrected chi connectivity index (χ1v) is 13.2. The van der Waals surface area contributed by atoms with Gasteiger partial charge in [0.1, 0.15) is 23.7 Å². The standard InChI is InChI=1S/C31H32ClNO3/c1-2-28(24-10-15-29-25(20-24)21-30(32)36-29)31(22-6-11-26(34)12-7-22)23-8-13-27(14-9-23)35-19-18-33-16-4-3-5-17-33/h6-15,20-21,34H,2-5,16-19H2,1H3/b31-28+. The van der Waals surface area contributed by atoms with Crippen molar-refractivity contribution in [3.05, 3.63) is 94.7 Å². The molecule has 1 N–H and O–H groups in total. The second-order valence-corrected chi connectivity index (χ2v) is 9.70. The fraction of sp³-hybridized carbons (Fsp3) is 0.290. The van der Waals surface area contributed by atoms with Crippen LogP contribution in [0, 0.1) is 0 Å². The van der Waals surface area contributed by atoms with E-state index in [1.807, 2.05) is 24.3 Å². The highest BCUT2D eigenvalue weighted by atomic mass is 35.5. The van der Waals surface area contributed by atoms with E-state index < -0.39 is 0 Å². The van der Waals surface area contributed by atoms with Crippen LogP contribution >= 0.6 is 11.6 Å². The van der Waals surface area contributed by atoms with Crippen molar-refractivity contribution in [3.8, 4) is 11.5 Å². The fourth-order valence-electron chi connectivity index (χ4n) is 5.06. The Bertz CT molecular complexity index is 1330. The highest BCUT2D eigenvalue weighted by Gasteiger charge is 2.15. The molecule has 5 rings (SSSR count). The minimum atomic E-state index is 0.253. The minimum absolute atomic E-state index is 0.253. The van der Waals surface area contributed by atoms with Gasteiger partial charge in [-0.3, -0.25) is 4.90 Å². The van der Waals surface area contributed by atoms with Crippen molar-refractivity contribution in [3.63, 3.8) is 0 Å². The number of halogens is 1. The van der Waals surface area contributed by atoms with Gasteiger partial charge in [-0.1, -0.05) is 43.7 Å². The van der Waals surface area contributed by atoms with E-state index in [9.17, 15) is 5.11 Å². The van der Waals surface area contributed by atoms with Crippen LogP contribution in [0.25, 0.3) is 22.1 Å². The van der Waals surface area contributed by atoms with Crippen molar-refractivity contribution < 1.29 is 14.3 Å². The lowest BCUT2D eigenvalue weighted by molar-refractivity contribution is 0.183. The zero-order valence-corrected chi connectivity index (χ0v) is 21.4. The van der Waals surface area contributed by atoms with Crippen LogP contribution in [0.2, 0.25) is 5.22 Å². The molecular formula is C31H32ClNO3. The van der Waals surface area contributed by atoms with Crippen LogP contribution in [0.4, 0.5) is 0 Å². The Morgan fingerprint density at radius 2 is 1.56 bits per heavy atom. The largest absolute Gasteiger partial charge is 0.508 e. The number of hydrogen-bond donors (Lipinski definition) is 1. The summed E-state index contributed by atoms with van der Waals surface area (Å²) >= 11 is 6.10. The molecule has 0 radical (unpaired) electrons. The van der Waals surface area contributed by atoms with Gasteiger partial charge in [0.25, 0.3) is 0 Å². The number of phenols is 1. The first-order chi connectivity index (χ1) is 17.6. The van der Waals surface area contributed by atoms with Crippen LogP contribution in [0.5, 0.6) is 11.5 Å². The molecule has 36 heavy (non-hydrogen) atoms. The number of piperidine rings is 1. The van der Waals surface area contributed by atoms with Gasteiger partial charge in [0.15, 0.2) is 5.22 Å². The molecule has 0 unspecified atom stereocenters. The van der Waals surface area contributed by atoms with E-state index in [1.54, 1.807) is 12.1 Å². The molecule has 0 aliphatic carbocycles. The fourth-order valence-corrected chi connectivity index (χ4v) is 5.26. The average molecular weight is 502 g/mol. The lowest BCUT2D eigenvalue weighted by Crippen LogP contribution is -2.33. The second-order valence-electron chi connectivity index (χ2n) is 9.33. The number of furan rings is 1. The molecule has 3 aromatic carbocycles. The quantitative estimate of drug-likeness (QED) is 0.248. The Kier molecular flexibility index (Phi) is 7.64. The predicted octanol–water partition coefficient (Wildman–Crippen LogP) is 8.03. The van der Waals surface area contributed by atoms with Gasteiger partial charge in [-0.2, -0.15) is 0 Å². The molecule has 1 aliphatic rings. The zero-order chi connectivity index (χ0) is 24.9. The van der Waals surface area contributed by atoms with Crippen molar-refractivity contribution in [2.45, 2.75) is 32.6 Å². The molecule has 4 nitrogen and oxygen atoms in total. The van der Waals surface area contributed by atoms with Crippen molar-refractivity contribution >= 4 is 33.7 Å². The van der Waals surface area contributed by atoms with E-state index in [2.05, 4.69) is 48.2 Å². The number of hydrogen-bond acceptors (Lipinski definition) is 4. The van der Waals surface area contributed by atoms with Gasteiger partial charge >= 0.3 is 0 Å². The normalized spacial score (nSPS) is 15.2. The van der Waals surface area contributed by atoms with Gasteiger partial charge in [0.05, 0.1) is 0 Å². The van der Waals surface area contributed by atoms with Gasteiger partial charge in [0, 0.05) is 18.0 Å². The maximum Gasteiger partial charge on any atom is 0.194 e. The van der Waals surface area contributed by atoms with Crippen LogP contribution in [0.3, 0.4) is 0 Å². The zero-order valence-electron chi connectivity index (χ0n) is 20.7. The number of benzene rings is 3. The Morgan fingerprint density at radius 1 is 0.889 bits per heavy atom. The highest BCUT2D eigenvalue weighted by Crippen LogP contribution is 2.37. The molecule has 0 amide bonds. The number of rotatable bonds is 8. The lowest BCUT2D eigenvalue weighted by Gasteiger charge is -2.26. The van der Waals surface area contributed by atoms with Crippen LogP contribution in [0.15, 0.2) is 77.2 Å². The second kappa shape index (κ2) is 11.2. The van der Waals surface area contributed by atoms with Gasteiger partial charge < -0.3 is 14.3 Å². The first kappa shape index (κ1) is 24.5. The Labute approximate surface area is 217 Å². The van der Waals surface area contributed by atoms with Crippen molar-refractivity contribution in [1.82, 2.24) is 4.90 Å². The van der Waals surface area contributed by atoms with Crippen LogP contribution in [0.1, 0.15) is 49.3 Å². The molecule has 186 valence electrons. The number of fused-ring (bicyclic) bond motifs is 1. The minimum Gasteiger partial charge on any atom is -0.508 e. The molecule has 2 heterocycles. The topological polar surface area (TPSA) is 45.8 Å². The Balaban J connectivity index is 1.46. The van der Waals surface area contributed by atoms with Crippen molar-refractivity contribution in [2.75, 3.05) is 26.2 Å². The molecule has 1 aliphatic heterocycles. The SMILES string of the molecule is CC/C(=C(/c1ccc(O)cc1)c1ccc(OCCN2CCCCC2)cc1)c1ccc2oc(Cl)cc2c1. The molecule has 4 aromatic rings. The smallest absolute Gasteiger partial charge is 0.194 e. The number of nitrogens with zero attached hydrogens (tertiary/aromatic N) is 1. The maximum absolute atomic E-state index is 9.90. The summed E-state index contributed by atoms with van der Waals surface area (Å²) in [4.78, 5) is 2.49. The summed E-state index contributed by atoms with van der Waals surface area (Å²) in [6.07, 6.45) is 4.77. The van der Waals surface area contributed by atoms with E-state index in [1.165, 1.54) is 37.9 Å². The molecule has 0 atom stereocenters. The molecule has 5 heteroatoms. The molecular weight excluding hydrogens is 470 g/mol. The molecule has 0 spiro atoms. The van der Waals surface area contributed by atoms with E-state index in [0.29, 0.717) is 11.8 Å². The summed E-state index contributed by atoms with van der Waals surface area (Å²) in [6, 6.07) is 23.8. The van der Waals surface area contributed by atoms with E-state index in [-0.39, 0.29) is 5.75 Å². The summed E-state index contributed by atoms with van der Waals surface area (Å²) < 4.78 is 11.6. The molecule has 0 bridgehead atoms. The summed E-state index contributed by atoms with van der Waals surface area (Å²) in [5.41, 5.74) is 6.38. The highest BCUT2D eigenvalue weighted by molar-refractivity contribution is 6.29. The third-order valence-corrected chi connectivity index (χ3v) is 7.10. The number of likely N-dealkylation sites (tertiary alicyclic amines) is 1. The van der Waals surface area contributed by atoms with E-state index >= 15 is 0 Å². The van der Waals surface area contributed by atoms with Gasteiger partial charge in [0.2, 0.25) is 0 Å². The molecule has 1 fully saturated rings. The Morgan fingerprint density at radius 3 is 2.25 bits per heavy atom. The first-order valence-electron chi connectivity index (χ1n) is 12.8. The molecule has 1 aromatic heterocycles. The maximum atomic E-state index is 9.90. The average Bonchev–Trinajstić information content (AvgIpc) is 3.28. The van der Waals surface area contributed by atoms with Gasteiger partial charge in [-0.05, 0) is 108 Å². The number of allylic oxidation sites excluding steroid dienone is 1. The van der Waals surface area contributed by atoms with E-state index in [0.717, 1.165) is 51.9 Å². The summed E-state index contributed by atoms with van der Waals surface area (Å²) in [5, 5.41) is 11.3. The van der Waals surface area contributed by atoms with Crippen molar-refractivity contribution in [2.24, 2.45) is 0 Å². The number of ether oxygens (including phenoxy) is 1. The van der Waals surface area contributed by atoms with Crippen LogP contribution < -0.4 is 4.74 Å². The predicted molar refractivity (Wildman–Crippen MR) is 148 cm³/mol. The Hall–Kier alpha value is -3.21. The molecule has 1 saturated heterocycles. The summed E-state index contributed by atoms with van der Waals surface area (Å²) in [7, 11) is 0. The summed E-state index contributed by atoms with van der Waals surface area (Å²) in [6.45, 7) is 6.20. The van der Waals surface area contributed by atoms with E-state index in [4.69, 9.17) is 20.8 Å². The third-order valence-electron chi connectivity index (χ3n) is 6.91. The third kappa shape index (κ3) is 5.61. The van der Waals surface area contributed by atoms with Gasteiger partial charge in [-0.15, -0.1) is 0 Å². The number of aromatic hydroxyl groups is 1. The lowest BCUT2D eigenvalue weighted by atomic mass is 9.88. The number of phenolic OH excluding ortho intramolecular Hbond substituents is 1. The van der Waals surface area contributed by atoms with Crippen LogP contribution in [-0.4, -0.2) is 36.2 Å². The van der Waals surface area contributed by atoms with Crippen molar-refractivity contribution in [1.29, 1.82) is 0 Å². The molecule has 0 saturated carbocycles. The van der Waals surface area contributed by atoms with Gasteiger partial charge in [-0.25, -0.2) is 0 Å². The monoisotopic (exact) mass is 501 g/mol. The van der Waals surface area contributed by atoms with Crippen LogP contribution in [-0.2, 0) is 0 Å².